The molecule has 1 aromatic carbocycles. The Kier molecular flexibility index (Phi) is 5.50. The van der Waals surface area contributed by atoms with Crippen LogP contribution >= 0.6 is 11.6 Å². The van der Waals surface area contributed by atoms with Crippen LogP contribution in [-0.2, 0) is 0 Å². The lowest BCUT2D eigenvalue weighted by Gasteiger charge is -2.29. The predicted octanol–water partition coefficient (Wildman–Crippen LogP) is 4.33. The minimum Gasteiger partial charge on any atom is -0.370 e. The van der Waals surface area contributed by atoms with E-state index in [0.29, 0.717) is 22.4 Å². The number of hydrogen-bond acceptors (Lipinski definition) is 2. The number of anilines is 1. The van der Waals surface area contributed by atoms with Crippen LogP contribution in [-0.4, -0.2) is 13.1 Å². The third kappa shape index (κ3) is 4.23. The lowest BCUT2D eigenvalue weighted by molar-refractivity contribution is 0.553. The van der Waals surface area contributed by atoms with Crippen LogP contribution in [0.1, 0.15) is 33.3 Å². The van der Waals surface area contributed by atoms with Crippen molar-refractivity contribution >= 4 is 17.3 Å². The lowest BCUT2D eigenvalue weighted by Crippen LogP contribution is -2.31. The SMILES string of the molecule is CC(C)CN(CC(C)C)c1ccc(C#N)cc1Cl. The number of hydrogen-bond donors (Lipinski definition) is 0. The second-order valence-electron chi connectivity index (χ2n) is 5.47. The van der Waals surface area contributed by atoms with Gasteiger partial charge in [0.2, 0.25) is 0 Å². The van der Waals surface area contributed by atoms with Gasteiger partial charge in [-0.3, -0.25) is 0 Å². The van der Waals surface area contributed by atoms with E-state index >= 15 is 0 Å². The predicted molar refractivity (Wildman–Crippen MR) is 78.1 cm³/mol. The van der Waals surface area contributed by atoms with Gasteiger partial charge in [0.05, 0.1) is 22.3 Å². The number of nitrogens with zero attached hydrogens (tertiary/aromatic N) is 2. The van der Waals surface area contributed by atoms with Gasteiger partial charge in [-0.05, 0) is 30.0 Å². The monoisotopic (exact) mass is 264 g/mol. The summed E-state index contributed by atoms with van der Waals surface area (Å²) in [6.45, 7) is 10.7. The van der Waals surface area contributed by atoms with Crippen molar-refractivity contribution in [2.24, 2.45) is 11.8 Å². The Balaban J connectivity index is 3.01. The summed E-state index contributed by atoms with van der Waals surface area (Å²) in [4.78, 5) is 2.30. The summed E-state index contributed by atoms with van der Waals surface area (Å²) >= 11 is 6.28. The molecular formula is C15H21ClN2. The Morgan fingerprint density at radius 3 is 2.11 bits per heavy atom. The highest BCUT2D eigenvalue weighted by Gasteiger charge is 2.13. The molecule has 0 heterocycles. The maximum absolute atomic E-state index is 8.86. The highest BCUT2D eigenvalue weighted by atomic mass is 35.5. The first-order chi connectivity index (χ1) is 8.43. The first kappa shape index (κ1) is 14.9. The zero-order chi connectivity index (χ0) is 13.7. The molecule has 0 saturated carbocycles. The molecule has 0 radical (unpaired) electrons. The quantitative estimate of drug-likeness (QED) is 0.791. The number of rotatable bonds is 5. The minimum atomic E-state index is 0.579. The van der Waals surface area contributed by atoms with Gasteiger partial charge in [0.1, 0.15) is 0 Å². The van der Waals surface area contributed by atoms with Crippen LogP contribution in [0.2, 0.25) is 5.02 Å². The largest absolute Gasteiger partial charge is 0.370 e. The molecule has 1 aromatic rings. The summed E-state index contributed by atoms with van der Waals surface area (Å²) in [6, 6.07) is 7.63. The van der Waals surface area contributed by atoms with Gasteiger partial charge in [-0.25, -0.2) is 0 Å². The van der Waals surface area contributed by atoms with E-state index in [4.69, 9.17) is 16.9 Å². The molecule has 0 amide bonds. The normalized spacial score (nSPS) is 10.8. The van der Waals surface area contributed by atoms with Crippen LogP contribution in [0.15, 0.2) is 18.2 Å². The Labute approximate surface area is 115 Å². The highest BCUT2D eigenvalue weighted by Crippen LogP contribution is 2.28. The van der Waals surface area contributed by atoms with Crippen molar-refractivity contribution in [3.05, 3.63) is 28.8 Å². The Hall–Kier alpha value is -1.20. The molecule has 0 fully saturated rings. The van der Waals surface area contributed by atoms with Crippen molar-refractivity contribution in [1.29, 1.82) is 5.26 Å². The minimum absolute atomic E-state index is 0.579. The molecule has 18 heavy (non-hydrogen) atoms. The van der Waals surface area contributed by atoms with E-state index in [9.17, 15) is 0 Å². The Bertz CT molecular complexity index is 423. The van der Waals surface area contributed by atoms with Crippen molar-refractivity contribution in [3.8, 4) is 6.07 Å². The summed E-state index contributed by atoms with van der Waals surface area (Å²) in [6.07, 6.45) is 0. The summed E-state index contributed by atoms with van der Waals surface area (Å²) in [5.74, 6) is 1.16. The van der Waals surface area contributed by atoms with E-state index in [-0.39, 0.29) is 0 Å². The topological polar surface area (TPSA) is 27.0 Å². The smallest absolute Gasteiger partial charge is 0.0992 e. The van der Waals surface area contributed by atoms with Crippen molar-refractivity contribution in [1.82, 2.24) is 0 Å². The van der Waals surface area contributed by atoms with Gasteiger partial charge in [0.25, 0.3) is 0 Å². The van der Waals surface area contributed by atoms with E-state index in [0.717, 1.165) is 18.8 Å². The van der Waals surface area contributed by atoms with Gasteiger partial charge in [0, 0.05) is 13.1 Å². The molecule has 0 spiro atoms. The van der Waals surface area contributed by atoms with Gasteiger partial charge < -0.3 is 4.90 Å². The van der Waals surface area contributed by atoms with E-state index in [1.807, 2.05) is 12.1 Å². The third-order valence-corrected chi connectivity index (χ3v) is 2.89. The molecule has 0 atom stereocenters. The van der Waals surface area contributed by atoms with E-state index in [2.05, 4.69) is 38.7 Å². The maximum Gasteiger partial charge on any atom is 0.0992 e. The molecule has 0 N–H and O–H groups in total. The average molecular weight is 265 g/mol. The standard InChI is InChI=1S/C15H21ClN2/c1-11(2)9-18(10-12(3)4)15-6-5-13(8-17)7-14(15)16/h5-7,11-12H,9-10H2,1-4H3. The molecule has 0 bridgehead atoms. The molecule has 2 nitrogen and oxygen atoms in total. The molecule has 0 aliphatic rings. The molecule has 0 aliphatic heterocycles. The van der Waals surface area contributed by atoms with Crippen molar-refractivity contribution in [3.63, 3.8) is 0 Å². The molecule has 0 aliphatic carbocycles. The van der Waals surface area contributed by atoms with E-state index in [1.165, 1.54) is 0 Å². The second kappa shape index (κ2) is 6.66. The number of benzene rings is 1. The average Bonchev–Trinajstić information content (AvgIpc) is 2.26. The van der Waals surface area contributed by atoms with E-state index in [1.54, 1.807) is 6.07 Å². The van der Waals surface area contributed by atoms with Crippen LogP contribution < -0.4 is 4.90 Å². The Morgan fingerprint density at radius 1 is 1.17 bits per heavy atom. The molecule has 0 saturated heterocycles. The first-order valence-electron chi connectivity index (χ1n) is 6.38. The molecule has 3 heteroatoms. The summed E-state index contributed by atoms with van der Waals surface area (Å²) < 4.78 is 0. The fraction of sp³-hybridized carbons (Fsp3) is 0.533. The molecular weight excluding hydrogens is 244 g/mol. The number of nitriles is 1. The van der Waals surface area contributed by atoms with Crippen LogP contribution in [0.5, 0.6) is 0 Å². The zero-order valence-corrected chi connectivity index (χ0v) is 12.3. The fourth-order valence-electron chi connectivity index (χ4n) is 1.99. The maximum atomic E-state index is 8.86. The van der Waals surface area contributed by atoms with Crippen LogP contribution in [0.3, 0.4) is 0 Å². The molecule has 98 valence electrons. The molecule has 1 rings (SSSR count). The van der Waals surface area contributed by atoms with Crippen molar-refractivity contribution < 1.29 is 0 Å². The summed E-state index contributed by atoms with van der Waals surface area (Å²) in [5, 5.41) is 9.52. The molecule has 0 unspecified atom stereocenters. The van der Waals surface area contributed by atoms with E-state index < -0.39 is 0 Å². The van der Waals surface area contributed by atoms with Crippen LogP contribution in [0.4, 0.5) is 5.69 Å². The van der Waals surface area contributed by atoms with Crippen LogP contribution in [0.25, 0.3) is 0 Å². The van der Waals surface area contributed by atoms with Gasteiger partial charge in [-0.15, -0.1) is 0 Å². The van der Waals surface area contributed by atoms with Gasteiger partial charge in [-0.2, -0.15) is 5.26 Å². The van der Waals surface area contributed by atoms with Crippen LogP contribution in [0, 0.1) is 23.2 Å². The summed E-state index contributed by atoms with van der Waals surface area (Å²) in [7, 11) is 0. The molecule has 0 aromatic heterocycles. The Morgan fingerprint density at radius 2 is 1.72 bits per heavy atom. The van der Waals surface area contributed by atoms with Crippen molar-refractivity contribution in [2.75, 3.05) is 18.0 Å². The van der Waals surface area contributed by atoms with Crippen molar-refractivity contribution in [2.45, 2.75) is 27.7 Å². The second-order valence-corrected chi connectivity index (χ2v) is 5.88. The van der Waals surface area contributed by atoms with Gasteiger partial charge >= 0.3 is 0 Å². The summed E-state index contributed by atoms with van der Waals surface area (Å²) in [5.41, 5.74) is 1.64. The fourth-order valence-corrected chi connectivity index (χ4v) is 2.29. The zero-order valence-electron chi connectivity index (χ0n) is 11.6. The number of halogens is 1. The van der Waals surface area contributed by atoms with Gasteiger partial charge in [-0.1, -0.05) is 39.3 Å². The van der Waals surface area contributed by atoms with Gasteiger partial charge in [0.15, 0.2) is 0 Å². The lowest BCUT2D eigenvalue weighted by atomic mass is 10.1. The highest BCUT2D eigenvalue weighted by molar-refractivity contribution is 6.33. The third-order valence-electron chi connectivity index (χ3n) is 2.59. The first-order valence-corrected chi connectivity index (χ1v) is 6.76.